The Labute approximate surface area is 94.4 Å². The van der Waals surface area contributed by atoms with Crippen LogP contribution >= 0.6 is 0 Å². The highest BCUT2D eigenvalue weighted by atomic mass is 14.3. The van der Waals surface area contributed by atoms with Gasteiger partial charge >= 0.3 is 0 Å². The topological polar surface area (TPSA) is 23.9 Å². The normalized spacial score (nSPS) is 7.53. The van der Waals surface area contributed by atoms with Gasteiger partial charge in [-0.2, -0.15) is 0 Å². The van der Waals surface area contributed by atoms with Gasteiger partial charge in [-0.05, 0) is 18.1 Å². The van der Waals surface area contributed by atoms with Crippen LogP contribution in [0.4, 0.5) is 0 Å². The summed E-state index contributed by atoms with van der Waals surface area (Å²) in [5, 5.41) is 7.16. The zero-order valence-corrected chi connectivity index (χ0v) is 10.6. The Kier molecular flexibility index (Phi) is 11.5. The van der Waals surface area contributed by atoms with Crippen LogP contribution in [0.15, 0.2) is 24.8 Å². The number of rotatable bonds is 2. The van der Waals surface area contributed by atoms with E-state index in [2.05, 4.69) is 6.58 Å². The van der Waals surface area contributed by atoms with E-state index in [-0.39, 0.29) is 0 Å². The van der Waals surface area contributed by atoms with Crippen molar-refractivity contribution in [2.24, 2.45) is 0 Å². The van der Waals surface area contributed by atoms with Gasteiger partial charge in [0, 0.05) is 11.8 Å². The van der Waals surface area contributed by atoms with Gasteiger partial charge in [-0.1, -0.05) is 58.5 Å². The molecule has 0 aromatic heterocycles. The Hall–Kier alpha value is -1.37. The lowest BCUT2D eigenvalue weighted by atomic mass is 10.0. The molecule has 0 fully saturated rings. The molecule has 0 radical (unpaired) electrons. The van der Waals surface area contributed by atoms with Crippen LogP contribution in [-0.2, 0) is 0 Å². The van der Waals surface area contributed by atoms with E-state index in [1.807, 2.05) is 52.8 Å². The van der Waals surface area contributed by atoms with Crippen LogP contribution in [0, 0.1) is 12.3 Å². The zero-order valence-electron chi connectivity index (χ0n) is 10.6. The molecule has 0 atom stereocenters. The van der Waals surface area contributed by atoms with Crippen molar-refractivity contribution < 1.29 is 0 Å². The number of hydrogen-bond donors (Lipinski definition) is 1. The number of hydrogen-bond acceptors (Lipinski definition) is 1. The molecule has 1 rings (SSSR count). The Morgan fingerprint density at radius 3 is 2.00 bits per heavy atom. The lowest BCUT2D eigenvalue weighted by molar-refractivity contribution is 1.42. The summed E-state index contributed by atoms with van der Waals surface area (Å²) in [5.74, 6) is 0. The molecule has 1 N–H and O–H groups in total. The van der Waals surface area contributed by atoms with Crippen molar-refractivity contribution in [1.29, 1.82) is 5.41 Å². The van der Waals surface area contributed by atoms with Crippen LogP contribution in [-0.4, -0.2) is 6.21 Å². The molecule has 0 unspecified atom stereocenters. The first-order valence-electron chi connectivity index (χ1n) is 5.52. The van der Waals surface area contributed by atoms with Crippen molar-refractivity contribution in [2.75, 3.05) is 0 Å². The quantitative estimate of drug-likeness (QED) is 0.677. The van der Waals surface area contributed by atoms with Crippen LogP contribution in [0.25, 0.3) is 6.08 Å². The Morgan fingerprint density at radius 2 is 1.67 bits per heavy atom. The van der Waals surface area contributed by atoms with Gasteiger partial charge in [-0.3, -0.25) is 0 Å². The average Bonchev–Trinajstić information content (AvgIpc) is 2.33. The molecule has 0 aliphatic rings. The molecular formula is C14H23N. The van der Waals surface area contributed by atoms with Gasteiger partial charge in [0.05, 0.1) is 0 Å². The molecule has 1 heteroatoms. The third kappa shape index (κ3) is 5.16. The fraction of sp³-hybridized carbons (Fsp3) is 0.357. The third-order valence-electron chi connectivity index (χ3n) is 1.72. The number of nitrogens with one attached hydrogen (secondary N) is 1. The molecule has 1 aromatic carbocycles. The molecule has 0 heterocycles. The van der Waals surface area contributed by atoms with Crippen molar-refractivity contribution in [3.63, 3.8) is 0 Å². The van der Waals surface area contributed by atoms with E-state index in [4.69, 9.17) is 5.41 Å². The highest BCUT2D eigenvalue weighted by Crippen LogP contribution is 2.12. The summed E-state index contributed by atoms with van der Waals surface area (Å²) in [6.45, 7) is 13.7. The maximum absolute atomic E-state index is 7.16. The lowest BCUT2D eigenvalue weighted by Gasteiger charge is -2.02. The van der Waals surface area contributed by atoms with E-state index >= 15 is 0 Å². The summed E-state index contributed by atoms with van der Waals surface area (Å²) < 4.78 is 0. The van der Waals surface area contributed by atoms with E-state index in [0.717, 1.165) is 16.7 Å². The second-order valence-electron chi connectivity index (χ2n) is 2.43. The summed E-state index contributed by atoms with van der Waals surface area (Å²) >= 11 is 0. The monoisotopic (exact) mass is 205 g/mol. The summed E-state index contributed by atoms with van der Waals surface area (Å²) in [4.78, 5) is 0. The molecule has 0 amide bonds. The lowest BCUT2D eigenvalue weighted by Crippen LogP contribution is -1.89. The Bertz CT molecular complexity index is 287. The van der Waals surface area contributed by atoms with Crippen molar-refractivity contribution in [1.82, 2.24) is 0 Å². The Morgan fingerprint density at radius 1 is 1.13 bits per heavy atom. The van der Waals surface area contributed by atoms with Gasteiger partial charge in [0.15, 0.2) is 0 Å². The maximum Gasteiger partial charge on any atom is 0.0259 e. The second-order valence-corrected chi connectivity index (χ2v) is 2.43. The van der Waals surface area contributed by atoms with Crippen molar-refractivity contribution in [2.45, 2.75) is 34.6 Å². The molecule has 15 heavy (non-hydrogen) atoms. The summed E-state index contributed by atoms with van der Waals surface area (Å²) in [6.07, 6.45) is 3.14. The fourth-order valence-electron chi connectivity index (χ4n) is 1.08. The van der Waals surface area contributed by atoms with E-state index in [1.165, 1.54) is 6.21 Å². The zero-order chi connectivity index (χ0) is 12.3. The predicted molar refractivity (Wildman–Crippen MR) is 71.9 cm³/mol. The maximum atomic E-state index is 7.16. The fourth-order valence-corrected chi connectivity index (χ4v) is 1.08. The Balaban J connectivity index is 0. The molecule has 0 saturated heterocycles. The largest absolute Gasteiger partial charge is 0.308 e. The van der Waals surface area contributed by atoms with Gasteiger partial charge in [0.2, 0.25) is 0 Å². The average molecular weight is 205 g/mol. The summed E-state index contributed by atoms with van der Waals surface area (Å²) in [6, 6.07) is 5.92. The van der Waals surface area contributed by atoms with Crippen LogP contribution in [0.3, 0.4) is 0 Å². The smallest absolute Gasteiger partial charge is 0.0259 e. The van der Waals surface area contributed by atoms with E-state index in [9.17, 15) is 0 Å². The van der Waals surface area contributed by atoms with Crippen LogP contribution in [0.2, 0.25) is 0 Å². The number of aryl methyl sites for hydroxylation is 1. The minimum Gasteiger partial charge on any atom is -0.308 e. The van der Waals surface area contributed by atoms with Crippen molar-refractivity contribution >= 4 is 12.3 Å². The highest BCUT2D eigenvalue weighted by Gasteiger charge is 1.97. The SMILES string of the molecule is C=Cc1cccc(C)c1C=N.CC.CC. The van der Waals surface area contributed by atoms with Crippen molar-refractivity contribution in [3.05, 3.63) is 41.5 Å². The van der Waals surface area contributed by atoms with Gasteiger partial charge in [-0.25, -0.2) is 0 Å². The van der Waals surface area contributed by atoms with Gasteiger partial charge in [0.1, 0.15) is 0 Å². The molecule has 1 aromatic rings. The van der Waals surface area contributed by atoms with Gasteiger partial charge < -0.3 is 5.41 Å². The molecule has 0 aliphatic heterocycles. The minimum atomic E-state index is 0.961. The minimum absolute atomic E-state index is 0.961. The number of benzene rings is 1. The first-order valence-corrected chi connectivity index (χ1v) is 5.52. The van der Waals surface area contributed by atoms with Crippen LogP contribution < -0.4 is 0 Å². The van der Waals surface area contributed by atoms with Crippen LogP contribution in [0.5, 0.6) is 0 Å². The molecule has 0 aliphatic carbocycles. The second kappa shape index (κ2) is 10.7. The third-order valence-corrected chi connectivity index (χ3v) is 1.72. The van der Waals surface area contributed by atoms with E-state index in [1.54, 1.807) is 6.08 Å². The summed E-state index contributed by atoms with van der Waals surface area (Å²) in [5.41, 5.74) is 3.11. The first kappa shape index (κ1) is 16.1. The van der Waals surface area contributed by atoms with Crippen LogP contribution in [0.1, 0.15) is 44.4 Å². The molecular weight excluding hydrogens is 182 g/mol. The molecule has 0 spiro atoms. The molecule has 1 nitrogen and oxygen atoms in total. The standard InChI is InChI=1S/C10H11N.2C2H6/c1-3-9-6-4-5-8(2)10(9)7-11;2*1-2/h3-7,11H,1H2,2H3;2*1-2H3. The highest BCUT2D eigenvalue weighted by molar-refractivity contribution is 5.85. The van der Waals surface area contributed by atoms with Crippen molar-refractivity contribution in [3.8, 4) is 0 Å². The molecule has 0 bridgehead atoms. The van der Waals surface area contributed by atoms with Gasteiger partial charge in [-0.15, -0.1) is 0 Å². The first-order chi connectivity index (χ1) is 7.29. The summed E-state index contributed by atoms with van der Waals surface area (Å²) in [7, 11) is 0. The predicted octanol–water partition coefficient (Wildman–Crippen LogP) is 4.69. The van der Waals surface area contributed by atoms with Gasteiger partial charge in [0.25, 0.3) is 0 Å². The van der Waals surface area contributed by atoms with E-state index in [0.29, 0.717) is 0 Å². The molecule has 0 saturated carbocycles. The molecule has 84 valence electrons. The van der Waals surface area contributed by atoms with E-state index < -0.39 is 0 Å².